The molecule has 6 aromatic rings. The molecule has 6 atom stereocenters. The number of pyridine rings is 3. The van der Waals surface area contributed by atoms with Gasteiger partial charge < -0.3 is 41.0 Å². The average Bonchev–Trinajstić information content (AvgIpc) is 1.80. The van der Waals surface area contributed by atoms with Crippen LogP contribution in [0.3, 0.4) is 0 Å². The number of nitrogens with one attached hydrogen (secondary N) is 3. The highest BCUT2D eigenvalue weighted by atomic mass is 16.6. The molecule has 0 radical (unpaired) electrons. The van der Waals surface area contributed by atoms with Crippen LogP contribution in [0.1, 0.15) is 175 Å². The molecule has 3 unspecified atom stereocenters. The van der Waals surface area contributed by atoms with Crippen molar-refractivity contribution in [2.45, 2.75) is 179 Å². The van der Waals surface area contributed by atoms with E-state index in [1.54, 1.807) is 24.5 Å². The Hall–Kier alpha value is -6.84. The fourth-order valence-corrected chi connectivity index (χ4v) is 12.7. The van der Waals surface area contributed by atoms with Crippen LogP contribution in [0.5, 0.6) is 0 Å². The van der Waals surface area contributed by atoms with Gasteiger partial charge in [0.25, 0.3) is 0 Å². The summed E-state index contributed by atoms with van der Waals surface area (Å²) in [7, 11) is 0. The summed E-state index contributed by atoms with van der Waals surface area (Å²) in [6.07, 6.45) is 25.4. The summed E-state index contributed by atoms with van der Waals surface area (Å²) in [5.74, 6) is 1.56. The number of rotatable bonds is 22. The number of carbonyl (C=O) groups excluding carboxylic acids is 3. The van der Waals surface area contributed by atoms with Gasteiger partial charge in [0.15, 0.2) is 6.29 Å². The van der Waals surface area contributed by atoms with Crippen LogP contribution in [0.2, 0.25) is 0 Å². The van der Waals surface area contributed by atoms with E-state index in [4.69, 9.17) is 15.2 Å². The number of aromatic nitrogens is 3. The van der Waals surface area contributed by atoms with Crippen LogP contribution in [-0.4, -0.2) is 112 Å². The lowest BCUT2D eigenvalue weighted by Gasteiger charge is -2.45. The van der Waals surface area contributed by atoms with Crippen LogP contribution < -0.4 is 21.7 Å². The number of nitrogens with zero attached hydrogens (tertiary/aromatic N) is 5. The number of benzene rings is 3. The molecular formula is C73H97N9O5. The van der Waals surface area contributed by atoms with Crippen molar-refractivity contribution in [2.75, 3.05) is 39.3 Å². The van der Waals surface area contributed by atoms with Crippen LogP contribution in [-0.2, 0) is 22.6 Å². The molecule has 5 N–H and O–H groups in total. The average molecular weight is 1180 g/mol. The van der Waals surface area contributed by atoms with E-state index >= 15 is 0 Å². The summed E-state index contributed by atoms with van der Waals surface area (Å²) >= 11 is 0. The van der Waals surface area contributed by atoms with Gasteiger partial charge in [-0.15, -0.1) is 0 Å². The minimum atomic E-state index is -0.488. The lowest BCUT2D eigenvalue weighted by atomic mass is 9.68. The zero-order chi connectivity index (χ0) is 61.3. The molecule has 6 saturated carbocycles. The first-order valence-electron chi connectivity index (χ1n) is 32.1. The Bertz CT molecular complexity index is 3020. The quantitative estimate of drug-likeness (QED) is 0.0474. The predicted octanol–water partition coefficient (Wildman–Crippen LogP) is 13.4. The first-order valence-corrected chi connectivity index (χ1v) is 32.1. The summed E-state index contributed by atoms with van der Waals surface area (Å²) in [4.78, 5) is 52.1. The zero-order valence-corrected chi connectivity index (χ0v) is 52.6. The molecule has 6 aliphatic rings. The van der Waals surface area contributed by atoms with E-state index in [1.165, 1.54) is 72.5 Å². The van der Waals surface area contributed by atoms with Gasteiger partial charge in [-0.25, -0.2) is 9.59 Å². The topological polar surface area (TPSA) is 177 Å². The van der Waals surface area contributed by atoms with Gasteiger partial charge in [-0.3, -0.25) is 19.7 Å². The van der Waals surface area contributed by atoms with Crippen molar-refractivity contribution < 1.29 is 23.9 Å². The standard InChI is InChI=1S/C26H35N3O2.C21H27N3.C20H30N2O2.C6H5NO/c1-25(2,3)31-24(30)29(23-15-22(23)21-10-5-4-6-11-21)19-26(12-8-13-26)18-28-17-20-9-7-14-27-16-20;1-2-7-18(8-3-1)19-12-20(19)24-16-21(9-5-10-21)15-23-14-17-6-4-11-22-13-17;1-19(2,3)24-18(23)22(14-20(13-21)10-7-11-20)17-12-16(17)15-8-5-4-6-9-15;8-5-6-2-1-3-7-4-6/h4-7,9-11,14,16,22-23,28H,8,12-13,15,17-19H2,1-3H3;1-4,6-8,11,13,19-20,23-24H,5,9-10,12,14-16H2;4-6,8-9,16-17H,7,10-14,21H2,1-3H3;1-5H/t22?,23-;19?,20-;16?,17-;/m000./s1. The minimum Gasteiger partial charge on any atom is -0.444 e. The summed E-state index contributed by atoms with van der Waals surface area (Å²) in [6.45, 7) is 18.6. The zero-order valence-electron chi connectivity index (χ0n) is 52.6. The third-order valence-corrected chi connectivity index (χ3v) is 18.4. The summed E-state index contributed by atoms with van der Waals surface area (Å²) in [5, 5.41) is 11.1. The number of carbonyl (C=O) groups is 3. The van der Waals surface area contributed by atoms with Gasteiger partial charge in [-0.2, -0.15) is 0 Å². The SMILES string of the molecule is CC(C)(C)OC(=O)N(CC1(CN)CCC1)[C@H]1CC1c1ccccc1.CC(C)(C)OC(=O)N(CC1(CNCc2cccnc2)CCC1)[C@H]1CC1c1ccccc1.O=Cc1cccnc1.c1ccc(C2C[C@@H]2NCC2(CNCc3cccnc3)CCC2)cc1. The molecule has 14 heteroatoms. The Morgan fingerprint density at radius 2 is 0.943 bits per heavy atom. The molecule has 3 heterocycles. The van der Waals surface area contributed by atoms with Crippen molar-refractivity contribution in [1.82, 2.24) is 40.7 Å². The van der Waals surface area contributed by atoms with Crippen molar-refractivity contribution >= 4 is 18.5 Å². The molecule has 2 amide bonds. The van der Waals surface area contributed by atoms with Gasteiger partial charge in [0, 0.05) is 135 Å². The largest absolute Gasteiger partial charge is 0.444 e. The van der Waals surface area contributed by atoms with Crippen LogP contribution >= 0.6 is 0 Å². The van der Waals surface area contributed by atoms with Gasteiger partial charge in [0.2, 0.25) is 0 Å². The second-order valence-corrected chi connectivity index (χ2v) is 27.7. The molecule has 3 aromatic heterocycles. The molecule has 464 valence electrons. The highest BCUT2D eigenvalue weighted by molar-refractivity contribution is 5.73. The van der Waals surface area contributed by atoms with Crippen LogP contribution in [0.4, 0.5) is 9.59 Å². The molecule has 3 aromatic carbocycles. The second-order valence-electron chi connectivity index (χ2n) is 27.7. The highest BCUT2D eigenvalue weighted by Gasteiger charge is 2.51. The highest BCUT2D eigenvalue weighted by Crippen LogP contribution is 2.51. The van der Waals surface area contributed by atoms with E-state index in [0.29, 0.717) is 35.4 Å². The fourth-order valence-electron chi connectivity index (χ4n) is 12.7. The Balaban J connectivity index is 0.000000147. The van der Waals surface area contributed by atoms with Gasteiger partial charge in [-0.1, -0.05) is 122 Å². The van der Waals surface area contributed by atoms with Crippen molar-refractivity contribution in [3.05, 3.63) is 198 Å². The third kappa shape index (κ3) is 19.3. The van der Waals surface area contributed by atoms with Gasteiger partial charge in [-0.05, 0) is 163 Å². The second kappa shape index (κ2) is 29.9. The molecule has 0 spiro atoms. The third-order valence-electron chi connectivity index (χ3n) is 18.4. The Morgan fingerprint density at radius 3 is 1.30 bits per heavy atom. The molecule has 0 saturated heterocycles. The minimum absolute atomic E-state index is 0.0979. The number of nitrogens with two attached hydrogens (primary N) is 1. The van der Waals surface area contributed by atoms with Crippen molar-refractivity contribution in [3.8, 4) is 0 Å². The van der Waals surface area contributed by atoms with Crippen molar-refractivity contribution in [1.29, 1.82) is 0 Å². The summed E-state index contributed by atoms with van der Waals surface area (Å²) in [6, 6.07) is 44.8. The van der Waals surface area contributed by atoms with Gasteiger partial charge in [0.05, 0.1) is 0 Å². The predicted molar refractivity (Wildman–Crippen MR) is 346 cm³/mol. The van der Waals surface area contributed by atoms with Crippen LogP contribution in [0.25, 0.3) is 0 Å². The van der Waals surface area contributed by atoms with Gasteiger partial charge >= 0.3 is 12.2 Å². The lowest BCUT2D eigenvalue weighted by molar-refractivity contribution is 0.000823. The van der Waals surface area contributed by atoms with Crippen LogP contribution in [0.15, 0.2) is 165 Å². The fraction of sp³-hybridized carbons (Fsp3) is 0.507. The van der Waals surface area contributed by atoms with E-state index in [-0.39, 0.29) is 35.1 Å². The maximum Gasteiger partial charge on any atom is 0.410 e. The monoisotopic (exact) mass is 1180 g/mol. The number of hydrogen-bond acceptors (Lipinski definition) is 12. The Kier molecular flexibility index (Phi) is 22.2. The normalized spacial score (nSPS) is 22.1. The van der Waals surface area contributed by atoms with Gasteiger partial charge in [0.1, 0.15) is 11.2 Å². The first kappa shape index (κ1) is 64.6. The van der Waals surface area contributed by atoms with E-state index in [1.807, 2.05) is 94.2 Å². The van der Waals surface area contributed by atoms with E-state index < -0.39 is 11.2 Å². The summed E-state index contributed by atoms with van der Waals surface area (Å²) < 4.78 is 11.5. The Labute approximate surface area is 518 Å². The first-order chi connectivity index (χ1) is 42.0. The maximum absolute atomic E-state index is 13.2. The van der Waals surface area contributed by atoms with Crippen molar-refractivity contribution in [3.63, 3.8) is 0 Å². The molecule has 12 rings (SSSR count). The molecule has 87 heavy (non-hydrogen) atoms. The smallest absolute Gasteiger partial charge is 0.410 e. The molecule has 6 fully saturated rings. The Morgan fingerprint density at radius 1 is 0.529 bits per heavy atom. The summed E-state index contributed by atoms with van der Waals surface area (Å²) in [5.41, 5.74) is 13.0. The molecular weight excluding hydrogens is 1080 g/mol. The molecule has 6 aliphatic carbocycles. The molecule has 0 aliphatic heterocycles. The van der Waals surface area contributed by atoms with Crippen LogP contribution in [0, 0.1) is 16.2 Å². The van der Waals surface area contributed by atoms with E-state index in [0.717, 1.165) is 96.5 Å². The lowest BCUT2D eigenvalue weighted by Crippen LogP contribution is -2.51. The van der Waals surface area contributed by atoms with Crippen molar-refractivity contribution in [2.24, 2.45) is 22.0 Å². The number of amides is 2. The van der Waals surface area contributed by atoms with E-state index in [9.17, 15) is 14.4 Å². The molecule has 0 bridgehead atoms. The number of ether oxygens (including phenoxy) is 2. The number of hydrogen-bond donors (Lipinski definition) is 4. The van der Waals surface area contributed by atoms with E-state index in [2.05, 4.69) is 122 Å². The number of aldehydes is 1. The maximum atomic E-state index is 13.2. The molecule has 14 nitrogen and oxygen atoms in total.